The predicted octanol–water partition coefficient (Wildman–Crippen LogP) is 2.56. The van der Waals surface area contributed by atoms with Crippen LogP contribution in [0.4, 0.5) is 11.4 Å². The number of hydrogen-bond acceptors (Lipinski definition) is 5. The molecule has 112 valence electrons. The van der Waals surface area contributed by atoms with Gasteiger partial charge in [-0.15, -0.1) is 11.3 Å². The molecule has 0 aliphatic carbocycles. The van der Waals surface area contributed by atoms with Crippen LogP contribution in [0.15, 0.2) is 40.5 Å². The zero-order valence-electron chi connectivity index (χ0n) is 11.8. The maximum atomic E-state index is 11.9. The third-order valence-electron chi connectivity index (χ3n) is 3.01. The number of rotatable bonds is 4. The van der Waals surface area contributed by atoms with Gasteiger partial charge in [-0.1, -0.05) is 6.07 Å². The molecule has 0 atom stereocenters. The minimum atomic E-state index is -0.121. The van der Waals surface area contributed by atoms with Crippen LogP contribution in [0.5, 0.6) is 0 Å². The van der Waals surface area contributed by atoms with Gasteiger partial charge in [-0.3, -0.25) is 9.59 Å². The lowest BCUT2D eigenvalue weighted by Gasteiger charge is -2.08. The quantitative estimate of drug-likeness (QED) is 0.690. The average molecular weight is 314 g/mol. The normalized spacial score (nSPS) is 10.6. The average Bonchev–Trinajstić information content (AvgIpc) is 2.94. The van der Waals surface area contributed by atoms with Crippen molar-refractivity contribution in [3.63, 3.8) is 0 Å². The van der Waals surface area contributed by atoms with Crippen LogP contribution in [0.25, 0.3) is 10.2 Å². The Hall–Kier alpha value is -2.67. The molecular weight excluding hydrogens is 300 g/mol. The van der Waals surface area contributed by atoms with Gasteiger partial charge in [-0.2, -0.15) is 0 Å². The van der Waals surface area contributed by atoms with Crippen molar-refractivity contribution in [2.75, 3.05) is 10.6 Å². The fraction of sp³-hybridized carbons (Fsp3) is 0.133. The summed E-state index contributed by atoms with van der Waals surface area (Å²) in [5.41, 5.74) is 2.13. The summed E-state index contributed by atoms with van der Waals surface area (Å²) in [6.45, 7) is 1.86. The van der Waals surface area contributed by atoms with E-state index in [4.69, 9.17) is 0 Å². The number of H-pyrrole nitrogens is 1. The Morgan fingerprint density at radius 1 is 1.32 bits per heavy atom. The Morgan fingerprint density at radius 3 is 2.95 bits per heavy atom. The van der Waals surface area contributed by atoms with Crippen LogP contribution in [0.3, 0.4) is 0 Å². The number of hydrogen-bond donors (Lipinski definition) is 3. The SMILES string of the molecule is CC(=O)Nc1cccc(NCc2nc3ccsc3c(=O)[nH]2)c1. The van der Waals surface area contributed by atoms with Crippen molar-refractivity contribution < 1.29 is 4.79 Å². The van der Waals surface area contributed by atoms with Crippen molar-refractivity contribution in [3.8, 4) is 0 Å². The monoisotopic (exact) mass is 314 g/mol. The number of nitrogens with zero attached hydrogens (tertiary/aromatic N) is 1. The second-order valence-electron chi connectivity index (χ2n) is 4.76. The van der Waals surface area contributed by atoms with Gasteiger partial charge in [0, 0.05) is 18.3 Å². The van der Waals surface area contributed by atoms with Crippen molar-refractivity contribution in [3.05, 3.63) is 51.9 Å². The molecule has 0 aliphatic heterocycles. The summed E-state index contributed by atoms with van der Waals surface area (Å²) in [4.78, 5) is 30.1. The van der Waals surface area contributed by atoms with Gasteiger partial charge in [0.15, 0.2) is 0 Å². The summed E-state index contributed by atoms with van der Waals surface area (Å²) in [5, 5.41) is 7.75. The zero-order chi connectivity index (χ0) is 15.5. The fourth-order valence-electron chi connectivity index (χ4n) is 2.10. The molecule has 3 aromatic rings. The Labute approximate surface area is 130 Å². The summed E-state index contributed by atoms with van der Waals surface area (Å²) in [6, 6.07) is 9.18. The number of aromatic nitrogens is 2. The molecule has 0 saturated carbocycles. The van der Waals surface area contributed by atoms with Gasteiger partial charge in [-0.25, -0.2) is 4.98 Å². The fourth-order valence-corrected chi connectivity index (χ4v) is 2.83. The second kappa shape index (κ2) is 5.98. The van der Waals surface area contributed by atoms with E-state index in [1.54, 1.807) is 0 Å². The molecule has 3 rings (SSSR count). The van der Waals surface area contributed by atoms with Gasteiger partial charge in [0.2, 0.25) is 5.91 Å². The lowest BCUT2D eigenvalue weighted by molar-refractivity contribution is -0.114. The smallest absolute Gasteiger partial charge is 0.268 e. The van der Waals surface area contributed by atoms with Crippen LogP contribution in [0.2, 0.25) is 0 Å². The van der Waals surface area contributed by atoms with E-state index in [-0.39, 0.29) is 11.5 Å². The highest BCUT2D eigenvalue weighted by molar-refractivity contribution is 7.17. The third kappa shape index (κ3) is 3.15. The topological polar surface area (TPSA) is 86.9 Å². The van der Waals surface area contributed by atoms with Gasteiger partial charge in [0.1, 0.15) is 10.5 Å². The first kappa shape index (κ1) is 14.3. The van der Waals surface area contributed by atoms with Gasteiger partial charge in [-0.05, 0) is 29.6 Å². The molecule has 6 nitrogen and oxygen atoms in total. The third-order valence-corrected chi connectivity index (χ3v) is 3.91. The van der Waals surface area contributed by atoms with Gasteiger partial charge in [0.05, 0.1) is 12.1 Å². The number of anilines is 2. The molecule has 0 radical (unpaired) electrons. The highest BCUT2D eigenvalue weighted by Crippen LogP contribution is 2.16. The number of carbonyl (C=O) groups is 1. The van der Waals surface area contributed by atoms with Crippen LogP contribution in [-0.4, -0.2) is 15.9 Å². The number of amides is 1. The lowest BCUT2D eigenvalue weighted by Crippen LogP contribution is -2.13. The summed E-state index contributed by atoms with van der Waals surface area (Å²) in [5.74, 6) is 0.451. The number of fused-ring (bicyclic) bond motifs is 1. The van der Waals surface area contributed by atoms with Gasteiger partial charge >= 0.3 is 0 Å². The molecule has 0 unspecified atom stereocenters. The van der Waals surface area contributed by atoms with E-state index in [1.165, 1.54) is 18.3 Å². The van der Waals surface area contributed by atoms with Crippen molar-refractivity contribution in [2.24, 2.45) is 0 Å². The van der Waals surface area contributed by atoms with Crippen LogP contribution < -0.4 is 16.2 Å². The first-order valence-electron chi connectivity index (χ1n) is 6.70. The highest BCUT2D eigenvalue weighted by Gasteiger charge is 2.05. The zero-order valence-corrected chi connectivity index (χ0v) is 12.7. The molecule has 1 aromatic carbocycles. The lowest BCUT2D eigenvalue weighted by atomic mass is 10.2. The molecule has 3 N–H and O–H groups in total. The number of thiophene rings is 1. The van der Waals surface area contributed by atoms with Crippen molar-refractivity contribution in [1.82, 2.24) is 9.97 Å². The second-order valence-corrected chi connectivity index (χ2v) is 5.68. The Bertz CT molecular complexity index is 884. The molecule has 2 aromatic heterocycles. The minimum Gasteiger partial charge on any atom is -0.378 e. The number of aromatic amines is 1. The molecular formula is C15H14N4O2S. The van der Waals surface area contributed by atoms with E-state index in [9.17, 15) is 9.59 Å². The van der Waals surface area contributed by atoms with Crippen LogP contribution in [-0.2, 0) is 11.3 Å². The van der Waals surface area contributed by atoms with E-state index in [0.29, 0.717) is 28.3 Å². The maximum Gasteiger partial charge on any atom is 0.268 e. The maximum absolute atomic E-state index is 11.9. The Kier molecular flexibility index (Phi) is 3.88. The van der Waals surface area contributed by atoms with Crippen LogP contribution in [0, 0.1) is 0 Å². The number of nitrogens with one attached hydrogen (secondary N) is 3. The van der Waals surface area contributed by atoms with Crippen LogP contribution in [0.1, 0.15) is 12.7 Å². The largest absolute Gasteiger partial charge is 0.378 e. The number of carbonyl (C=O) groups excluding carboxylic acids is 1. The van der Waals surface area contributed by atoms with E-state index in [1.807, 2.05) is 35.7 Å². The van der Waals surface area contributed by atoms with E-state index >= 15 is 0 Å². The van der Waals surface area contributed by atoms with Crippen molar-refractivity contribution in [1.29, 1.82) is 0 Å². The number of benzene rings is 1. The van der Waals surface area contributed by atoms with Crippen LogP contribution >= 0.6 is 11.3 Å². The van der Waals surface area contributed by atoms with E-state index < -0.39 is 0 Å². The standard InChI is InChI=1S/C15H14N4O2S/c1-9(20)17-11-4-2-3-10(7-11)16-8-13-18-12-5-6-22-14(12)15(21)19-13/h2-7,16H,8H2,1H3,(H,17,20)(H,18,19,21). The predicted molar refractivity (Wildman–Crippen MR) is 88.3 cm³/mol. The molecule has 7 heteroatoms. The molecule has 0 bridgehead atoms. The first-order chi connectivity index (χ1) is 10.6. The Morgan fingerprint density at radius 2 is 2.14 bits per heavy atom. The molecule has 0 aliphatic rings. The van der Waals surface area contributed by atoms with E-state index in [2.05, 4.69) is 20.6 Å². The summed E-state index contributed by atoms with van der Waals surface area (Å²) >= 11 is 1.38. The summed E-state index contributed by atoms with van der Waals surface area (Å²) in [7, 11) is 0. The van der Waals surface area contributed by atoms with E-state index in [0.717, 1.165) is 5.69 Å². The van der Waals surface area contributed by atoms with Gasteiger partial charge in [0.25, 0.3) is 5.56 Å². The molecule has 0 spiro atoms. The summed E-state index contributed by atoms with van der Waals surface area (Å²) < 4.78 is 0.636. The molecule has 2 heterocycles. The molecule has 0 fully saturated rings. The highest BCUT2D eigenvalue weighted by atomic mass is 32.1. The Balaban J connectivity index is 1.76. The van der Waals surface area contributed by atoms with Crippen molar-refractivity contribution >= 4 is 38.8 Å². The minimum absolute atomic E-state index is 0.119. The van der Waals surface area contributed by atoms with Gasteiger partial charge < -0.3 is 15.6 Å². The summed E-state index contributed by atoms with van der Waals surface area (Å²) in [6.07, 6.45) is 0. The first-order valence-corrected chi connectivity index (χ1v) is 7.58. The molecule has 22 heavy (non-hydrogen) atoms. The van der Waals surface area contributed by atoms with Crippen molar-refractivity contribution in [2.45, 2.75) is 13.5 Å². The molecule has 0 saturated heterocycles. The molecule has 1 amide bonds.